The van der Waals surface area contributed by atoms with Gasteiger partial charge < -0.3 is 0 Å². The zero-order valence-corrected chi connectivity index (χ0v) is 20.6. The van der Waals surface area contributed by atoms with Crippen molar-refractivity contribution >= 4 is 11.6 Å². The summed E-state index contributed by atoms with van der Waals surface area (Å²) in [7, 11) is 0. The molecule has 1 aromatic carbocycles. The van der Waals surface area contributed by atoms with Crippen LogP contribution in [-0.4, -0.2) is 0 Å². The van der Waals surface area contributed by atoms with E-state index in [1.54, 1.807) is 0 Å². The van der Waals surface area contributed by atoms with Gasteiger partial charge in [-0.2, -0.15) is 12.2 Å². The molecule has 2 heteroatoms. The molecule has 0 saturated carbocycles. The fourth-order valence-corrected chi connectivity index (χ4v) is 2.54. The molecule has 0 spiro atoms. The Balaban J connectivity index is 0.000000357. The van der Waals surface area contributed by atoms with Crippen molar-refractivity contribution in [2.45, 2.75) is 65.2 Å². The van der Waals surface area contributed by atoms with Crippen molar-refractivity contribution in [3.63, 3.8) is 0 Å². The minimum atomic E-state index is 0. The van der Waals surface area contributed by atoms with Crippen LogP contribution >= 0.6 is 11.6 Å². The number of hydrogen-bond acceptors (Lipinski definition) is 0. The molecule has 2 aliphatic rings. The maximum atomic E-state index is 5.54. The monoisotopic (exact) mass is 534 g/mol. The Morgan fingerprint density at radius 3 is 1.54 bits per heavy atom. The Morgan fingerprint density at radius 2 is 1.27 bits per heavy atom. The summed E-state index contributed by atoms with van der Waals surface area (Å²) in [6, 6.07) is 9.44. The number of rotatable bonds is 6. The number of allylic oxidation sites excluding steroid dienone is 8. The summed E-state index contributed by atoms with van der Waals surface area (Å²) >= 11 is 5.54. The first-order valence-corrected chi connectivity index (χ1v) is 9.87. The second-order valence-electron chi connectivity index (χ2n) is 6.12. The smallest absolute Gasteiger partial charge is 0.269 e. The van der Waals surface area contributed by atoms with Crippen LogP contribution in [-0.2, 0) is 25.8 Å². The van der Waals surface area contributed by atoms with Gasteiger partial charge in [-0.25, -0.2) is 23.3 Å². The quantitative estimate of drug-likeness (QED) is 0.256. The number of halogens is 1. The predicted molar refractivity (Wildman–Crippen MR) is 112 cm³/mol. The third-order valence-corrected chi connectivity index (χ3v) is 4.12. The van der Waals surface area contributed by atoms with Crippen LogP contribution in [0.5, 0.6) is 0 Å². The molecule has 136 valence electrons. The van der Waals surface area contributed by atoms with E-state index in [1.807, 2.05) is 30.3 Å². The van der Waals surface area contributed by atoms with Gasteiger partial charge in [-0.05, 0) is 12.1 Å². The van der Waals surface area contributed by atoms with Gasteiger partial charge in [0.25, 0.3) is 0 Å². The van der Waals surface area contributed by atoms with Gasteiger partial charge in [0.1, 0.15) is 0 Å². The fourth-order valence-electron chi connectivity index (χ4n) is 2.39. The third kappa shape index (κ3) is 13.5. The van der Waals surface area contributed by atoms with Gasteiger partial charge in [-0.1, -0.05) is 82.2 Å². The van der Waals surface area contributed by atoms with Gasteiger partial charge in [-0.15, -0.1) is 12.8 Å². The Bertz CT molecular complexity index is 533. The number of hydrogen-bond donors (Lipinski definition) is 0. The van der Waals surface area contributed by atoms with E-state index in [0.29, 0.717) is 0 Å². The second-order valence-corrected chi connectivity index (χ2v) is 6.56. The summed E-state index contributed by atoms with van der Waals surface area (Å²) in [6.07, 6.45) is 25.1. The van der Waals surface area contributed by atoms with Crippen molar-refractivity contribution in [1.29, 1.82) is 0 Å². The Morgan fingerprint density at radius 1 is 0.808 bits per heavy atom. The van der Waals surface area contributed by atoms with Crippen LogP contribution in [0.25, 0.3) is 0 Å². The van der Waals surface area contributed by atoms with E-state index in [2.05, 4.69) is 50.3 Å². The first-order chi connectivity index (χ1) is 12.3. The van der Waals surface area contributed by atoms with E-state index in [0.717, 1.165) is 17.9 Å². The van der Waals surface area contributed by atoms with Crippen LogP contribution < -0.4 is 0 Å². The Hall–Kier alpha value is -0.660. The average Bonchev–Trinajstić information content (AvgIpc) is 3.34. The molecule has 0 N–H and O–H groups in total. The largest absolute Gasteiger partial charge is 4.00 e. The predicted octanol–water partition coefficient (Wildman–Crippen LogP) is 8.07. The molecule has 0 amide bonds. The van der Waals surface area contributed by atoms with Crippen LogP contribution in [0.1, 0.15) is 65.2 Å². The van der Waals surface area contributed by atoms with Crippen LogP contribution in [0.4, 0.5) is 0 Å². The number of benzene rings is 1. The van der Waals surface area contributed by atoms with Crippen molar-refractivity contribution in [3.05, 3.63) is 83.0 Å². The standard InChI is InChI=1S/2C9H13.C6H5Cl.Hf/c2*1-2-3-6-9-7-4-5-8-9;7-6-4-2-1-3-5-6;/h2*4,7H,2-3,5-6H2,1H3;1-5H;/q2*-1;;+4. The van der Waals surface area contributed by atoms with E-state index in [1.165, 1.54) is 49.7 Å². The molecule has 0 nitrogen and oxygen atoms in total. The van der Waals surface area contributed by atoms with Gasteiger partial charge in [0.2, 0.25) is 0 Å². The molecule has 2 aliphatic carbocycles. The summed E-state index contributed by atoms with van der Waals surface area (Å²) in [4.78, 5) is 0. The average molecular weight is 533 g/mol. The Labute approximate surface area is 184 Å². The first kappa shape index (κ1) is 25.3. The van der Waals surface area contributed by atoms with E-state index in [4.69, 9.17) is 11.6 Å². The summed E-state index contributed by atoms with van der Waals surface area (Å²) in [5.41, 5.74) is 2.83. The molecule has 1 aromatic rings. The number of unbranched alkanes of at least 4 members (excludes halogenated alkanes) is 2. The van der Waals surface area contributed by atoms with Crippen LogP contribution in [0, 0.1) is 12.2 Å². The van der Waals surface area contributed by atoms with Crippen molar-refractivity contribution in [2.75, 3.05) is 0 Å². The van der Waals surface area contributed by atoms with Gasteiger partial charge in [-0.3, -0.25) is 12.2 Å². The molecular formula is C24H31ClHf+2. The third-order valence-electron chi connectivity index (χ3n) is 3.86. The van der Waals surface area contributed by atoms with Gasteiger partial charge in [0.15, 0.2) is 0 Å². The normalized spacial score (nSPS) is 13.7. The molecule has 0 atom stereocenters. The zero-order chi connectivity index (χ0) is 18.2. The summed E-state index contributed by atoms with van der Waals surface area (Å²) in [5, 5.41) is 0.794. The fraction of sp³-hybridized carbons (Fsp3) is 0.417. The maximum Gasteiger partial charge on any atom is 4.00 e. The molecule has 26 heavy (non-hydrogen) atoms. The summed E-state index contributed by atoms with van der Waals surface area (Å²) in [6.45, 7) is 4.44. The second kappa shape index (κ2) is 17.7. The van der Waals surface area contributed by atoms with Gasteiger partial charge in [0.05, 0.1) is 0 Å². The SMILES string of the molecule is CCCCC1=[C-]CC=C1.CCCCC1=[C-]CC=C1.Clc1ccccc1.[Hf+4]. The molecule has 0 unspecified atom stereocenters. The molecular weight excluding hydrogens is 502 g/mol. The van der Waals surface area contributed by atoms with E-state index in [-0.39, 0.29) is 25.8 Å². The molecule has 3 rings (SSSR count). The van der Waals surface area contributed by atoms with E-state index < -0.39 is 0 Å². The zero-order valence-electron chi connectivity index (χ0n) is 16.2. The summed E-state index contributed by atoms with van der Waals surface area (Å²) < 4.78 is 0. The van der Waals surface area contributed by atoms with Crippen LogP contribution in [0.3, 0.4) is 0 Å². The van der Waals surface area contributed by atoms with Crippen molar-refractivity contribution in [2.24, 2.45) is 0 Å². The molecule has 0 radical (unpaired) electrons. The van der Waals surface area contributed by atoms with E-state index >= 15 is 0 Å². The first-order valence-electron chi connectivity index (χ1n) is 9.49. The minimum absolute atomic E-state index is 0. The minimum Gasteiger partial charge on any atom is -0.269 e. The molecule has 0 aromatic heterocycles. The van der Waals surface area contributed by atoms with Crippen molar-refractivity contribution in [1.82, 2.24) is 0 Å². The van der Waals surface area contributed by atoms with Gasteiger partial charge >= 0.3 is 25.8 Å². The van der Waals surface area contributed by atoms with Crippen LogP contribution in [0.15, 0.2) is 65.8 Å². The topological polar surface area (TPSA) is 0 Å². The van der Waals surface area contributed by atoms with Gasteiger partial charge in [0, 0.05) is 5.02 Å². The van der Waals surface area contributed by atoms with Crippen molar-refractivity contribution < 1.29 is 25.8 Å². The van der Waals surface area contributed by atoms with Crippen molar-refractivity contribution in [3.8, 4) is 0 Å². The molecule has 0 aliphatic heterocycles. The molecule has 0 bridgehead atoms. The molecule has 0 heterocycles. The van der Waals surface area contributed by atoms with E-state index in [9.17, 15) is 0 Å². The summed E-state index contributed by atoms with van der Waals surface area (Å²) in [5.74, 6) is 0. The molecule has 0 fully saturated rings. The molecule has 0 saturated heterocycles. The Kier molecular flexibility index (Phi) is 17.3. The van der Waals surface area contributed by atoms with Crippen LogP contribution in [0.2, 0.25) is 5.02 Å². The maximum absolute atomic E-state index is 5.54.